The number of ether oxygens (including phenoxy) is 1. The fourth-order valence-corrected chi connectivity index (χ4v) is 2.54. The van der Waals surface area contributed by atoms with Gasteiger partial charge in [-0.25, -0.2) is 0 Å². The number of hydrogen-bond acceptors (Lipinski definition) is 2. The van der Waals surface area contributed by atoms with Gasteiger partial charge in [0.25, 0.3) is 0 Å². The van der Waals surface area contributed by atoms with Gasteiger partial charge < -0.3 is 10.1 Å². The third-order valence-electron chi connectivity index (χ3n) is 3.78. The molecule has 0 aliphatic carbocycles. The SMILES string of the molecule is COc1cccc(NC(=O)Cc2ccc(-c3ccccc3)cc2)c1. The maximum Gasteiger partial charge on any atom is 0.228 e. The molecular weight excluding hydrogens is 298 g/mol. The van der Waals surface area contributed by atoms with E-state index in [9.17, 15) is 4.79 Å². The molecule has 0 fully saturated rings. The summed E-state index contributed by atoms with van der Waals surface area (Å²) >= 11 is 0. The van der Waals surface area contributed by atoms with E-state index in [0.717, 1.165) is 22.6 Å². The van der Waals surface area contributed by atoms with Crippen molar-refractivity contribution in [3.8, 4) is 16.9 Å². The predicted octanol–water partition coefficient (Wildman–Crippen LogP) is 4.54. The van der Waals surface area contributed by atoms with Crippen LogP contribution in [0.3, 0.4) is 0 Å². The molecular formula is C21H19NO2. The number of carbonyl (C=O) groups is 1. The van der Waals surface area contributed by atoms with Crippen LogP contribution in [0.15, 0.2) is 78.9 Å². The lowest BCUT2D eigenvalue weighted by atomic mass is 10.0. The van der Waals surface area contributed by atoms with Crippen molar-refractivity contribution in [3.63, 3.8) is 0 Å². The van der Waals surface area contributed by atoms with Crippen LogP contribution in [-0.4, -0.2) is 13.0 Å². The van der Waals surface area contributed by atoms with Crippen molar-refractivity contribution in [1.82, 2.24) is 0 Å². The smallest absolute Gasteiger partial charge is 0.228 e. The summed E-state index contributed by atoms with van der Waals surface area (Å²) in [6, 6.07) is 25.6. The second-order valence-corrected chi connectivity index (χ2v) is 5.52. The highest BCUT2D eigenvalue weighted by Crippen LogP contribution is 2.20. The first-order valence-corrected chi connectivity index (χ1v) is 7.83. The monoisotopic (exact) mass is 317 g/mol. The summed E-state index contributed by atoms with van der Waals surface area (Å²) in [6.07, 6.45) is 0.340. The van der Waals surface area contributed by atoms with E-state index in [4.69, 9.17) is 4.74 Å². The molecule has 120 valence electrons. The number of rotatable bonds is 5. The van der Waals surface area contributed by atoms with Gasteiger partial charge in [0.1, 0.15) is 5.75 Å². The van der Waals surface area contributed by atoms with Crippen molar-refractivity contribution in [2.24, 2.45) is 0 Å². The zero-order chi connectivity index (χ0) is 16.8. The molecule has 3 aromatic rings. The third-order valence-corrected chi connectivity index (χ3v) is 3.78. The van der Waals surface area contributed by atoms with E-state index < -0.39 is 0 Å². The second kappa shape index (κ2) is 7.47. The average Bonchev–Trinajstić information content (AvgIpc) is 2.63. The Morgan fingerprint density at radius 3 is 2.29 bits per heavy atom. The number of anilines is 1. The summed E-state index contributed by atoms with van der Waals surface area (Å²) in [6.45, 7) is 0. The van der Waals surface area contributed by atoms with Crippen LogP contribution in [0.25, 0.3) is 11.1 Å². The molecule has 3 aromatic carbocycles. The van der Waals surface area contributed by atoms with Gasteiger partial charge in [-0.2, -0.15) is 0 Å². The second-order valence-electron chi connectivity index (χ2n) is 5.52. The highest BCUT2D eigenvalue weighted by molar-refractivity contribution is 5.92. The molecule has 0 atom stereocenters. The Kier molecular flexibility index (Phi) is 4.92. The van der Waals surface area contributed by atoms with Gasteiger partial charge >= 0.3 is 0 Å². The Bertz CT molecular complexity index is 811. The largest absolute Gasteiger partial charge is 0.497 e. The quantitative estimate of drug-likeness (QED) is 0.750. The van der Waals surface area contributed by atoms with E-state index in [2.05, 4.69) is 17.4 Å². The zero-order valence-electron chi connectivity index (χ0n) is 13.5. The van der Waals surface area contributed by atoms with E-state index in [-0.39, 0.29) is 5.91 Å². The summed E-state index contributed by atoms with van der Waals surface area (Å²) in [5.74, 6) is 0.677. The maximum atomic E-state index is 12.2. The molecule has 24 heavy (non-hydrogen) atoms. The van der Waals surface area contributed by atoms with Gasteiger partial charge in [0, 0.05) is 11.8 Å². The van der Waals surface area contributed by atoms with Gasteiger partial charge in [-0.3, -0.25) is 4.79 Å². The number of benzene rings is 3. The van der Waals surface area contributed by atoms with Gasteiger partial charge in [0.15, 0.2) is 0 Å². The van der Waals surface area contributed by atoms with Crippen molar-refractivity contribution >= 4 is 11.6 Å². The molecule has 3 nitrogen and oxygen atoms in total. The Labute approximate surface area is 141 Å². The predicted molar refractivity (Wildman–Crippen MR) is 97.2 cm³/mol. The Morgan fingerprint density at radius 2 is 1.58 bits per heavy atom. The number of nitrogens with one attached hydrogen (secondary N) is 1. The van der Waals surface area contributed by atoms with Crippen molar-refractivity contribution in [2.75, 3.05) is 12.4 Å². The van der Waals surface area contributed by atoms with E-state index in [0.29, 0.717) is 6.42 Å². The fourth-order valence-electron chi connectivity index (χ4n) is 2.54. The number of hydrogen-bond donors (Lipinski definition) is 1. The molecule has 0 aromatic heterocycles. The summed E-state index contributed by atoms with van der Waals surface area (Å²) in [5.41, 5.74) is 4.03. The lowest BCUT2D eigenvalue weighted by Gasteiger charge is -2.08. The third kappa shape index (κ3) is 4.02. The molecule has 0 aliphatic rings. The molecule has 3 heteroatoms. The van der Waals surface area contributed by atoms with Crippen LogP contribution >= 0.6 is 0 Å². The molecule has 3 rings (SSSR count). The van der Waals surface area contributed by atoms with Crippen LogP contribution < -0.4 is 10.1 Å². The Balaban J connectivity index is 1.64. The molecule has 1 amide bonds. The van der Waals surface area contributed by atoms with Crippen LogP contribution in [0.1, 0.15) is 5.56 Å². The van der Waals surface area contributed by atoms with Gasteiger partial charge in [-0.15, -0.1) is 0 Å². The summed E-state index contributed by atoms with van der Waals surface area (Å²) < 4.78 is 5.16. The molecule has 0 saturated heterocycles. The zero-order valence-corrected chi connectivity index (χ0v) is 13.5. The minimum Gasteiger partial charge on any atom is -0.497 e. The lowest BCUT2D eigenvalue weighted by molar-refractivity contribution is -0.115. The molecule has 0 aliphatic heterocycles. The fraction of sp³-hybridized carbons (Fsp3) is 0.0952. The minimum absolute atomic E-state index is 0.0456. The van der Waals surface area contributed by atoms with E-state index >= 15 is 0 Å². The van der Waals surface area contributed by atoms with Crippen LogP contribution in [0.2, 0.25) is 0 Å². The van der Waals surface area contributed by atoms with Gasteiger partial charge in [0.2, 0.25) is 5.91 Å². The highest BCUT2D eigenvalue weighted by Gasteiger charge is 2.05. The first-order chi connectivity index (χ1) is 11.7. The molecule has 0 bridgehead atoms. The molecule has 0 unspecified atom stereocenters. The summed E-state index contributed by atoms with van der Waals surface area (Å²) in [7, 11) is 1.61. The molecule has 0 saturated carbocycles. The first kappa shape index (κ1) is 15.8. The molecule has 0 spiro atoms. The maximum absolute atomic E-state index is 12.2. The van der Waals surface area contributed by atoms with E-state index in [1.165, 1.54) is 5.56 Å². The first-order valence-electron chi connectivity index (χ1n) is 7.83. The Morgan fingerprint density at radius 1 is 0.875 bits per heavy atom. The van der Waals surface area contributed by atoms with Crippen LogP contribution in [0, 0.1) is 0 Å². The van der Waals surface area contributed by atoms with Crippen molar-refractivity contribution in [1.29, 1.82) is 0 Å². The van der Waals surface area contributed by atoms with Gasteiger partial charge in [-0.05, 0) is 28.8 Å². The van der Waals surface area contributed by atoms with Crippen LogP contribution in [0.5, 0.6) is 5.75 Å². The lowest BCUT2D eigenvalue weighted by Crippen LogP contribution is -2.14. The number of methoxy groups -OCH3 is 1. The van der Waals surface area contributed by atoms with Gasteiger partial charge in [0.05, 0.1) is 13.5 Å². The van der Waals surface area contributed by atoms with Gasteiger partial charge in [-0.1, -0.05) is 60.7 Å². The standard InChI is InChI=1S/C21H19NO2/c1-24-20-9-5-8-19(15-20)22-21(23)14-16-10-12-18(13-11-16)17-6-3-2-4-7-17/h2-13,15H,14H2,1H3,(H,22,23). The summed E-state index contributed by atoms with van der Waals surface area (Å²) in [4.78, 5) is 12.2. The number of amides is 1. The minimum atomic E-state index is -0.0456. The average molecular weight is 317 g/mol. The van der Waals surface area contributed by atoms with E-state index in [1.807, 2.05) is 60.7 Å². The molecule has 0 heterocycles. The van der Waals surface area contributed by atoms with Crippen molar-refractivity contribution < 1.29 is 9.53 Å². The molecule has 0 radical (unpaired) electrons. The highest BCUT2D eigenvalue weighted by atomic mass is 16.5. The van der Waals surface area contributed by atoms with E-state index in [1.54, 1.807) is 13.2 Å². The van der Waals surface area contributed by atoms with Crippen molar-refractivity contribution in [2.45, 2.75) is 6.42 Å². The Hall–Kier alpha value is -3.07. The topological polar surface area (TPSA) is 38.3 Å². The molecule has 1 N–H and O–H groups in total. The normalized spacial score (nSPS) is 10.2. The summed E-state index contributed by atoms with van der Waals surface area (Å²) in [5, 5.41) is 2.89. The van der Waals surface area contributed by atoms with Crippen LogP contribution in [0.4, 0.5) is 5.69 Å². The number of carbonyl (C=O) groups excluding carboxylic acids is 1. The van der Waals surface area contributed by atoms with Crippen molar-refractivity contribution in [3.05, 3.63) is 84.4 Å². The van der Waals surface area contributed by atoms with Crippen LogP contribution in [-0.2, 0) is 11.2 Å².